The van der Waals surface area contributed by atoms with Crippen LogP contribution in [0.5, 0.6) is 5.88 Å². The van der Waals surface area contributed by atoms with Gasteiger partial charge in [-0.25, -0.2) is 4.98 Å². The molecule has 1 N–H and O–H groups in total. The molecule has 0 aliphatic carbocycles. The van der Waals surface area contributed by atoms with E-state index in [0.717, 1.165) is 19.4 Å². The van der Waals surface area contributed by atoms with E-state index in [2.05, 4.69) is 24.1 Å². The fraction of sp³-hybridized carbons (Fsp3) is 0.643. The molecule has 1 fully saturated rings. The SMILES string of the molecule is CNCc1ccnc(OC2CC(C)OC(C)C2)c1. The van der Waals surface area contributed by atoms with Crippen LogP contribution >= 0.6 is 0 Å². The first-order valence-electron chi connectivity index (χ1n) is 6.59. The molecule has 1 aliphatic heterocycles. The Morgan fingerprint density at radius 2 is 2.11 bits per heavy atom. The quantitative estimate of drug-likeness (QED) is 0.889. The van der Waals surface area contributed by atoms with E-state index in [1.54, 1.807) is 6.20 Å². The van der Waals surface area contributed by atoms with E-state index in [-0.39, 0.29) is 18.3 Å². The van der Waals surface area contributed by atoms with E-state index in [4.69, 9.17) is 9.47 Å². The van der Waals surface area contributed by atoms with Gasteiger partial charge >= 0.3 is 0 Å². The molecule has 0 spiro atoms. The van der Waals surface area contributed by atoms with Crippen molar-refractivity contribution >= 4 is 0 Å². The molecule has 2 heterocycles. The highest BCUT2D eigenvalue weighted by atomic mass is 16.5. The van der Waals surface area contributed by atoms with Gasteiger partial charge in [0, 0.05) is 31.6 Å². The summed E-state index contributed by atoms with van der Waals surface area (Å²) in [5.41, 5.74) is 1.19. The van der Waals surface area contributed by atoms with Crippen LogP contribution in [0.25, 0.3) is 0 Å². The molecule has 18 heavy (non-hydrogen) atoms. The fourth-order valence-electron chi connectivity index (χ4n) is 2.44. The van der Waals surface area contributed by atoms with E-state index in [9.17, 15) is 0 Å². The van der Waals surface area contributed by atoms with E-state index >= 15 is 0 Å². The Hall–Kier alpha value is -1.13. The molecule has 1 aliphatic rings. The predicted molar refractivity (Wildman–Crippen MR) is 70.7 cm³/mol. The predicted octanol–water partition coefficient (Wildman–Crippen LogP) is 2.14. The van der Waals surface area contributed by atoms with Crippen LogP contribution in [0, 0.1) is 0 Å². The lowest BCUT2D eigenvalue weighted by Gasteiger charge is -2.31. The Kier molecular flexibility index (Phi) is 4.55. The maximum Gasteiger partial charge on any atom is 0.213 e. The molecule has 0 saturated carbocycles. The zero-order valence-electron chi connectivity index (χ0n) is 11.3. The minimum atomic E-state index is 0.209. The van der Waals surface area contributed by atoms with Gasteiger partial charge in [-0.1, -0.05) is 0 Å². The van der Waals surface area contributed by atoms with Crippen molar-refractivity contribution in [1.82, 2.24) is 10.3 Å². The van der Waals surface area contributed by atoms with Gasteiger partial charge in [0.25, 0.3) is 0 Å². The van der Waals surface area contributed by atoms with Crippen molar-refractivity contribution in [2.24, 2.45) is 0 Å². The number of ether oxygens (including phenoxy) is 2. The number of hydrogen-bond donors (Lipinski definition) is 1. The van der Waals surface area contributed by atoms with Crippen LogP contribution in [-0.2, 0) is 11.3 Å². The van der Waals surface area contributed by atoms with Crippen LogP contribution in [-0.4, -0.2) is 30.3 Å². The van der Waals surface area contributed by atoms with Gasteiger partial charge in [-0.2, -0.15) is 0 Å². The molecule has 0 radical (unpaired) electrons. The van der Waals surface area contributed by atoms with Crippen LogP contribution in [0.4, 0.5) is 0 Å². The summed E-state index contributed by atoms with van der Waals surface area (Å²) in [4.78, 5) is 4.28. The molecule has 2 atom stereocenters. The molecule has 2 unspecified atom stereocenters. The molecule has 0 aromatic carbocycles. The van der Waals surface area contributed by atoms with Gasteiger partial charge in [-0.05, 0) is 32.5 Å². The number of nitrogens with zero attached hydrogens (tertiary/aromatic N) is 1. The van der Waals surface area contributed by atoms with E-state index in [0.29, 0.717) is 5.88 Å². The summed E-state index contributed by atoms with van der Waals surface area (Å²) in [7, 11) is 1.93. The highest BCUT2D eigenvalue weighted by Crippen LogP contribution is 2.23. The van der Waals surface area contributed by atoms with Crippen molar-refractivity contribution in [2.75, 3.05) is 7.05 Å². The van der Waals surface area contributed by atoms with Crippen LogP contribution in [0.15, 0.2) is 18.3 Å². The molecule has 0 amide bonds. The minimum Gasteiger partial charge on any atom is -0.474 e. The highest BCUT2D eigenvalue weighted by Gasteiger charge is 2.26. The summed E-state index contributed by atoms with van der Waals surface area (Å²) in [6.07, 6.45) is 4.40. The Morgan fingerprint density at radius 3 is 2.78 bits per heavy atom. The topological polar surface area (TPSA) is 43.4 Å². The van der Waals surface area contributed by atoms with E-state index < -0.39 is 0 Å². The maximum atomic E-state index is 5.96. The second-order valence-electron chi connectivity index (χ2n) is 5.00. The number of aromatic nitrogens is 1. The molecule has 2 rings (SSSR count). The lowest BCUT2D eigenvalue weighted by atomic mass is 10.0. The fourth-order valence-corrected chi connectivity index (χ4v) is 2.44. The first-order valence-corrected chi connectivity index (χ1v) is 6.59. The van der Waals surface area contributed by atoms with Crippen molar-refractivity contribution in [3.63, 3.8) is 0 Å². The van der Waals surface area contributed by atoms with Gasteiger partial charge in [0.05, 0.1) is 12.2 Å². The third kappa shape index (κ3) is 3.68. The van der Waals surface area contributed by atoms with Crippen LogP contribution in [0.3, 0.4) is 0 Å². The second kappa shape index (κ2) is 6.16. The maximum absolute atomic E-state index is 5.96. The normalized spacial score (nSPS) is 28.1. The average molecular weight is 250 g/mol. The van der Waals surface area contributed by atoms with Gasteiger partial charge in [0.2, 0.25) is 5.88 Å². The van der Waals surface area contributed by atoms with Crippen molar-refractivity contribution < 1.29 is 9.47 Å². The van der Waals surface area contributed by atoms with Crippen LogP contribution in [0.2, 0.25) is 0 Å². The molecule has 100 valence electrons. The molecular formula is C14H22N2O2. The first-order chi connectivity index (χ1) is 8.67. The summed E-state index contributed by atoms with van der Waals surface area (Å²) in [6.45, 7) is 5.02. The molecule has 0 bridgehead atoms. The van der Waals surface area contributed by atoms with Gasteiger partial charge in [0.1, 0.15) is 6.10 Å². The standard InChI is InChI=1S/C14H22N2O2/c1-10-6-13(7-11(2)17-10)18-14-8-12(9-15-3)4-5-16-14/h4-5,8,10-11,13,15H,6-7,9H2,1-3H3. The number of pyridine rings is 1. The van der Waals surface area contributed by atoms with Gasteiger partial charge < -0.3 is 14.8 Å². The van der Waals surface area contributed by atoms with Crippen LogP contribution < -0.4 is 10.1 Å². The number of nitrogens with one attached hydrogen (secondary N) is 1. The molecule has 1 saturated heterocycles. The summed E-state index contributed by atoms with van der Waals surface area (Å²) in [5, 5.41) is 3.13. The van der Waals surface area contributed by atoms with E-state index in [1.807, 2.05) is 19.2 Å². The molecule has 4 heteroatoms. The molecule has 1 aromatic rings. The first kappa shape index (κ1) is 13.3. The monoisotopic (exact) mass is 250 g/mol. The van der Waals surface area contributed by atoms with Crippen LogP contribution in [0.1, 0.15) is 32.3 Å². The molecule has 4 nitrogen and oxygen atoms in total. The molecule has 1 aromatic heterocycles. The van der Waals surface area contributed by atoms with Gasteiger partial charge in [-0.15, -0.1) is 0 Å². The summed E-state index contributed by atoms with van der Waals surface area (Å²) in [5.74, 6) is 0.717. The van der Waals surface area contributed by atoms with Gasteiger partial charge in [-0.3, -0.25) is 0 Å². The summed E-state index contributed by atoms with van der Waals surface area (Å²) < 4.78 is 11.7. The summed E-state index contributed by atoms with van der Waals surface area (Å²) >= 11 is 0. The lowest BCUT2D eigenvalue weighted by Crippen LogP contribution is -2.35. The van der Waals surface area contributed by atoms with Gasteiger partial charge in [0.15, 0.2) is 0 Å². The minimum absolute atomic E-state index is 0.209. The largest absolute Gasteiger partial charge is 0.474 e. The lowest BCUT2D eigenvalue weighted by molar-refractivity contribution is -0.0729. The van der Waals surface area contributed by atoms with Crippen molar-refractivity contribution in [3.05, 3.63) is 23.9 Å². The zero-order chi connectivity index (χ0) is 13.0. The highest BCUT2D eigenvalue weighted by molar-refractivity contribution is 5.20. The Labute approximate surface area is 109 Å². The van der Waals surface area contributed by atoms with Crippen molar-refractivity contribution in [1.29, 1.82) is 0 Å². The third-order valence-electron chi connectivity index (χ3n) is 3.12. The summed E-state index contributed by atoms with van der Waals surface area (Å²) in [6, 6.07) is 4.00. The third-order valence-corrected chi connectivity index (χ3v) is 3.12. The Morgan fingerprint density at radius 1 is 1.39 bits per heavy atom. The average Bonchev–Trinajstić information content (AvgIpc) is 2.28. The molecular weight excluding hydrogens is 228 g/mol. The van der Waals surface area contributed by atoms with Crippen molar-refractivity contribution in [2.45, 2.75) is 51.5 Å². The van der Waals surface area contributed by atoms with E-state index in [1.165, 1.54) is 5.56 Å². The zero-order valence-corrected chi connectivity index (χ0v) is 11.3. The van der Waals surface area contributed by atoms with Crippen molar-refractivity contribution in [3.8, 4) is 5.88 Å². The number of hydrogen-bond acceptors (Lipinski definition) is 4. The number of rotatable bonds is 4. The second-order valence-corrected chi connectivity index (χ2v) is 5.00. The Bertz CT molecular complexity index is 374. The smallest absolute Gasteiger partial charge is 0.213 e. The Balaban J connectivity index is 1.97.